The molecule has 22 heavy (non-hydrogen) atoms. The van der Waals surface area contributed by atoms with Crippen LogP contribution in [-0.4, -0.2) is 52.2 Å². The average Bonchev–Trinajstić information content (AvgIpc) is 3.05. The molecule has 1 aliphatic heterocycles. The zero-order chi connectivity index (χ0) is 15.7. The maximum Gasteiger partial charge on any atom is 0.323 e. The highest BCUT2D eigenvalue weighted by molar-refractivity contribution is 5.89. The Morgan fingerprint density at radius 1 is 1.55 bits per heavy atom. The van der Waals surface area contributed by atoms with E-state index >= 15 is 0 Å². The number of carboxylic acids is 1. The lowest BCUT2D eigenvalue weighted by atomic mass is 9.81. The SMILES string of the molecule is COc1nccc(NC(=O)N2C[C@@H]3CCC[C@@]3(C(=O)O)C2)n1. The number of anilines is 1. The van der Waals surface area contributed by atoms with Crippen molar-refractivity contribution in [1.29, 1.82) is 0 Å². The zero-order valence-corrected chi connectivity index (χ0v) is 12.3. The van der Waals surface area contributed by atoms with Gasteiger partial charge in [-0.2, -0.15) is 4.98 Å². The van der Waals surface area contributed by atoms with Crippen LogP contribution in [-0.2, 0) is 4.79 Å². The van der Waals surface area contributed by atoms with Crippen LogP contribution in [0.15, 0.2) is 12.3 Å². The number of likely N-dealkylation sites (tertiary alicyclic amines) is 1. The number of hydrogen-bond donors (Lipinski definition) is 2. The molecule has 2 amide bonds. The molecule has 1 saturated carbocycles. The lowest BCUT2D eigenvalue weighted by Crippen LogP contribution is -2.38. The van der Waals surface area contributed by atoms with Crippen molar-refractivity contribution in [2.45, 2.75) is 19.3 Å². The van der Waals surface area contributed by atoms with Gasteiger partial charge >= 0.3 is 18.0 Å². The van der Waals surface area contributed by atoms with Gasteiger partial charge in [-0.3, -0.25) is 10.1 Å². The van der Waals surface area contributed by atoms with Gasteiger partial charge in [0.1, 0.15) is 5.82 Å². The minimum Gasteiger partial charge on any atom is -0.481 e. The Kier molecular flexibility index (Phi) is 3.59. The summed E-state index contributed by atoms with van der Waals surface area (Å²) in [6.07, 6.45) is 3.89. The monoisotopic (exact) mass is 306 g/mol. The Bertz CT molecular complexity index is 608. The summed E-state index contributed by atoms with van der Waals surface area (Å²) < 4.78 is 4.91. The second kappa shape index (κ2) is 5.43. The van der Waals surface area contributed by atoms with E-state index in [1.54, 1.807) is 11.0 Å². The number of ether oxygens (including phenoxy) is 1. The number of methoxy groups -OCH3 is 1. The Morgan fingerprint density at radius 3 is 3.05 bits per heavy atom. The molecule has 1 aromatic rings. The van der Waals surface area contributed by atoms with Crippen LogP contribution in [0.1, 0.15) is 19.3 Å². The predicted molar refractivity (Wildman–Crippen MR) is 76.6 cm³/mol. The van der Waals surface area contributed by atoms with E-state index in [0.717, 1.165) is 12.8 Å². The number of aromatic nitrogens is 2. The summed E-state index contributed by atoms with van der Waals surface area (Å²) in [6, 6.07) is 1.39. The van der Waals surface area contributed by atoms with Crippen molar-refractivity contribution < 1.29 is 19.4 Å². The van der Waals surface area contributed by atoms with E-state index in [9.17, 15) is 14.7 Å². The number of carboxylic acid groups (broad SMARTS) is 1. The first-order chi connectivity index (χ1) is 10.5. The molecule has 1 saturated heterocycles. The summed E-state index contributed by atoms with van der Waals surface area (Å²) in [7, 11) is 1.44. The third-order valence-electron chi connectivity index (χ3n) is 4.63. The summed E-state index contributed by atoms with van der Waals surface area (Å²) in [5.74, 6) is -0.428. The van der Waals surface area contributed by atoms with Gasteiger partial charge in [0.05, 0.1) is 12.5 Å². The fourth-order valence-corrected chi connectivity index (χ4v) is 3.49. The van der Waals surface area contributed by atoms with Gasteiger partial charge in [-0.05, 0) is 24.8 Å². The summed E-state index contributed by atoms with van der Waals surface area (Å²) in [6.45, 7) is 0.724. The number of hydrogen-bond acceptors (Lipinski definition) is 5. The van der Waals surface area contributed by atoms with Gasteiger partial charge in [-0.1, -0.05) is 6.42 Å². The number of nitrogens with zero attached hydrogens (tertiary/aromatic N) is 3. The first-order valence-corrected chi connectivity index (χ1v) is 7.21. The van der Waals surface area contributed by atoms with Crippen molar-refractivity contribution in [3.05, 3.63) is 12.3 Å². The predicted octanol–water partition coefficient (Wildman–Crippen LogP) is 1.20. The third kappa shape index (κ3) is 2.34. The van der Waals surface area contributed by atoms with Crippen LogP contribution >= 0.6 is 0 Å². The average molecular weight is 306 g/mol. The fraction of sp³-hybridized carbons (Fsp3) is 0.571. The molecule has 2 N–H and O–H groups in total. The fourth-order valence-electron chi connectivity index (χ4n) is 3.49. The van der Waals surface area contributed by atoms with E-state index in [-0.39, 0.29) is 24.5 Å². The maximum atomic E-state index is 12.3. The van der Waals surface area contributed by atoms with Crippen LogP contribution < -0.4 is 10.1 Å². The standard InChI is InChI=1S/C14H18N4O4/c1-22-12-15-6-4-10(16-12)17-13(21)18-7-9-3-2-5-14(9,8-18)11(19)20/h4,6,9H,2-3,5,7-8H2,1H3,(H,19,20)(H,15,16,17,21)/t9-,14+/m0/s1. The lowest BCUT2D eigenvalue weighted by Gasteiger charge is -2.23. The molecule has 1 aromatic heterocycles. The number of aliphatic carboxylic acids is 1. The molecule has 2 aliphatic rings. The van der Waals surface area contributed by atoms with E-state index in [4.69, 9.17) is 4.74 Å². The Labute approximate surface area is 127 Å². The Hall–Kier alpha value is -2.38. The van der Waals surface area contributed by atoms with E-state index in [1.165, 1.54) is 13.3 Å². The molecular formula is C14H18N4O4. The van der Waals surface area contributed by atoms with E-state index in [2.05, 4.69) is 15.3 Å². The largest absolute Gasteiger partial charge is 0.481 e. The molecule has 8 heteroatoms. The Balaban J connectivity index is 1.70. The van der Waals surface area contributed by atoms with Gasteiger partial charge in [-0.25, -0.2) is 9.78 Å². The van der Waals surface area contributed by atoms with E-state index in [0.29, 0.717) is 18.8 Å². The minimum atomic E-state index is -0.797. The molecule has 0 aromatic carbocycles. The molecule has 0 bridgehead atoms. The topological polar surface area (TPSA) is 105 Å². The molecule has 118 valence electrons. The zero-order valence-electron chi connectivity index (χ0n) is 12.3. The van der Waals surface area contributed by atoms with Crippen LogP contribution in [0.5, 0.6) is 6.01 Å². The van der Waals surface area contributed by atoms with Crippen molar-refractivity contribution in [3.8, 4) is 6.01 Å². The second-order valence-electron chi connectivity index (χ2n) is 5.79. The highest BCUT2D eigenvalue weighted by Crippen LogP contribution is 2.48. The van der Waals surface area contributed by atoms with Crippen molar-refractivity contribution in [2.75, 3.05) is 25.5 Å². The number of urea groups is 1. The highest BCUT2D eigenvalue weighted by Gasteiger charge is 2.55. The molecular weight excluding hydrogens is 288 g/mol. The molecule has 0 unspecified atom stereocenters. The van der Waals surface area contributed by atoms with Gasteiger partial charge in [0, 0.05) is 19.3 Å². The van der Waals surface area contributed by atoms with Crippen LogP contribution in [0, 0.1) is 11.3 Å². The molecule has 2 fully saturated rings. The van der Waals surface area contributed by atoms with Crippen molar-refractivity contribution >= 4 is 17.8 Å². The highest BCUT2D eigenvalue weighted by atomic mass is 16.5. The van der Waals surface area contributed by atoms with Crippen molar-refractivity contribution in [1.82, 2.24) is 14.9 Å². The number of rotatable bonds is 3. The molecule has 0 spiro atoms. The normalized spacial score (nSPS) is 26.6. The minimum absolute atomic E-state index is 0.0377. The molecule has 0 radical (unpaired) electrons. The van der Waals surface area contributed by atoms with Gasteiger partial charge in [0.25, 0.3) is 0 Å². The molecule has 2 atom stereocenters. The smallest absolute Gasteiger partial charge is 0.323 e. The number of amides is 2. The summed E-state index contributed by atoms with van der Waals surface area (Å²) in [5.41, 5.74) is -0.777. The van der Waals surface area contributed by atoms with Gasteiger partial charge in [0.15, 0.2) is 0 Å². The second-order valence-corrected chi connectivity index (χ2v) is 5.79. The number of carbonyl (C=O) groups is 2. The third-order valence-corrected chi connectivity index (χ3v) is 4.63. The first-order valence-electron chi connectivity index (χ1n) is 7.21. The van der Waals surface area contributed by atoms with Crippen LogP contribution in [0.2, 0.25) is 0 Å². The maximum absolute atomic E-state index is 12.3. The molecule has 8 nitrogen and oxygen atoms in total. The summed E-state index contributed by atoms with van der Waals surface area (Å²) >= 11 is 0. The van der Waals surface area contributed by atoms with Crippen LogP contribution in [0.25, 0.3) is 0 Å². The molecule has 1 aliphatic carbocycles. The van der Waals surface area contributed by atoms with Crippen molar-refractivity contribution in [3.63, 3.8) is 0 Å². The van der Waals surface area contributed by atoms with E-state index in [1.807, 2.05) is 0 Å². The number of fused-ring (bicyclic) bond motifs is 1. The van der Waals surface area contributed by atoms with Crippen molar-refractivity contribution in [2.24, 2.45) is 11.3 Å². The summed E-state index contributed by atoms with van der Waals surface area (Å²) in [5, 5.41) is 12.2. The number of carbonyl (C=O) groups excluding carboxylic acids is 1. The van der Waals surface area contributed by atoms with Gasteiger partial charge < -0.3 is 14.7 Å². The van der Waals surface area contributed by atoms with Crippen LogP contribution in [0.4, 0.5) is 10.6 Å². The summed E-state index contributed by atoms with van der Waals surface area (Å²) in [4.78, 5) is 33.4. The van der Waals surface area contributed by atoms with Crippen LogP contribution in [0.3, 0.4) is 0 Å². The quantitative estimate of drug-likeness (QED) is 0.869. The van der Waals surface area contributed by atoms with Gasteiger partial charge in [-0.15, -0.1) is 0 Å². The first kappa shape index (κ1) is 14.6. The number of nitrogens with one attached hydrogen (secondary N) is 1. The molecule has 3 rings (SSSR count). The van der Waals surface area contributed by atoms with Gasteiger partial charge in [0.2, 0.25) is 0 Å². The lowest BCUT2D eigenvalue weighted by molar-refractivity contribution is -0.149. The molecule has 2 heterocycles. The van der Waals surface area contributed by atoms with E-state index < -0.39 is 11.4 Å². The Morgan fingerprint density at radius 2 is 2.36 bits per heavy atom.